The van der Waals surface area contributed by atoms with Gasteiger partial charge in [0, 0.05) is 32.9 Å². The standard InChI is InChI=1S/C16H28N2O6Si/c1-11-8-17(14-7-12(20)13(9-19)24-14)16(22)18(15(11)21)10-23-5-6-25(2,3)4/h8,12-14,19-20H,5-7,9-10H2,1-4H3/t12?,13-,14-/m1/s1. The number of aryl methyl sites for hydroxylation is 1. The highest BCUT2D eigenvalue weighted by Gasteiger charge is 2.35. The van der Waals surface area contributed by atoms with Crippen molar-refractivity contribution in [2.24, 2.45) is 0 Å². The second-order valence-electron chi connectivity index (χ2n) is 7.70. The van der Waals surface area contributed by atoms with Crippen LogP contribution in [0.2, 0.25) is 25.7 Å². The van der Waals surface area contributed by atoms with E-state index in [0.717, 1.165) is 10.6 Å². The monoisotopic (exact) mass is 372 g/mol. The summed E-state index contributed by atoms with van der Waals surface area (Å²) in [6, 6.07) is 0.942. The summed E-state index contributed by atoms with van der Waals surface area (Å²) in [6.07, 6.45) is -0.687. The fraction of sp³-hybridized carbons (Fsp3) is 0.750. The number of ether oxygens (including phenoxy) is 2. The lowest BCUT2D eigenvalue weighted by Crippen LogP contribution is -2.42. The molecule has 1 fully saturated rings. The summed E-state index contributed by atoms with van der Waals surface area (Å²) in [6.45, 7) is 8.35. The molecule has 1 aromatic heterocycles. The third kappa shape index (κ3) is 4.89. The van der Waals surface area contributed by atoms with Crippen molar-refractivity contribution in [3.8, 4) is 0 Å². The van der Waals surface area contributed by atoms with Gasteiger partial charge in [0.1, 0.15) is 19.1 Å². The molecule has 2 heterocycles. The van der Waals surface area contributed by atoms with Gasteiger partial charge in [-0.25, -0.2) is 9.36 Å². The van der Waals surface area contributed by atoms with E-state index in [4.69, 9.17) is 9.47 Å². The van der Waals surface area contributed by atoms with Crippen LogP contribution >= 0.6 is 0 Å². The zero-order valence-corrected chi connectivity index (χ0v) is 16.3. The maximum atomic E-state index is 12.7. The average molecular weight is 372 g/mol. The molecule has 3 atom stereocenters. The van der Waals surface area contributed by atoms with Gasteiger partial charge in [-0.1, -0.05) is 19.6 Å². The highest BCUT2D eigenvalue weighted by atomic mass is 28.3. The van der Waals surface area contributed by atoms with Crippen molar-refractivity contribution in [3.05, 3.63) is 32.6 Å². The van der Waals surface area contributed by atoms with E-state index in [-0.39, 0.29) is 19.8 Å². The van der Waals surface area contributed by atoms with Crippen LogP contribution in [0.25, 0.3) is 0 Å². The summed E-state index contributed by atoms with van der Waals surface area (Å²) < 4.78 is 13.4. The fourth-order valence-corrected chi connectivity index (χ4v) is 3.42. The predicted octanol–water partition coefficient (Wildman–Crippen LogP) is 0.271. The molecule has 1 aromatic rings. The van der Waals surface area contributed by atoms with Gasteiger partial charge in [-0.05, 0) is 13.0 Å². The van der Waals surface area contributed by atoms with E-state index < -0.39 is 37.8 Å². The molecule has 1 unspecified atom stereocenters. The van der Waals surface area contributed by atoms with Crippen LogP contribution in [-0.4, -0.2) is 52.8 Å². The minimum atomic E-state index is -1.25. The number of aliphatic hydroxyl groups is 2. The Labute approximate surface area is 147 Å². The second-order valence-corrected chi connectivity index (χ2v) is 13.3. The maximum Gasteiger partial charge on any atom is 0.335 e. The van der Waals surface area contributed by atoms with E-state index in [1.807, 2.05) is 0 Å². The topological polar surface area (TPSA) is 103 Å². The normalized spacial score (nSPS) is 24.0. The van der Waals surface area contributed by atoms with Gasteiger partial charge < -0.3 is 19.7 Å². The largest absolute Gasteiger partial charge is 0.394 e. The number of hydrogen-bond acceptors (Lipinski definition) is 6. The van der Waals surface area contributed by atoms with Crippen molar-refractivity contribution in [1.82, 2.24) is 9.13 Å². The zero-order valence-electron chi connectivity index (χ0n) is 15.3. The molecule has 8 nitrogen and oxygen atoms in total. The molecule has 2 N–H and O–H groups in total. The third-order valence-electron chi connectivity index (χ3n) is 4.28. The summed E-state index contributed by atoms with van der Waals surface area (Å²) in [5.74, 6) is 0. The van der Waals surface area contributed by atoms with E-state index in [1.54, 1.807) is 6.92 Å². The second kappa shape index (κ2) is 7.96. The number of rotatable bonds is 7. The molecule has 1 aliphatic heterocycles. The summed E-state index contributed by atoms with van der Waals surface area (Å²) in [5, 5.41) is 19.1. The predicted molar refractivity (Wildman–Crippen MR) is 95.4 cm³/mol. The van der Waals surface area contributed by atoms with Crippen molar-refractivity contribution >= 4 is 8.07 Å². The number of aliphatic hydroxyl groups excluding tert-OH is 2. The van der Waals surface area contributed by atoms with Crippen molar-refractivity contribution in [2.75, 3.05) is 13.2 Å². The van der Waals surface area contributed by atoms with Gasteiger partial charge in [-0.2, -0.15) is 0 Å². The molecule has 0 amide bonds. The maximum absolute atomic E-state index is 12.7. The molecule has 142 valence electrons. The van der Waals surface area contributed by atoms with Gasteiger partial charge in [0.15, 0.2) is 0 Å². The van der Waals surface area contributed by atoms with Crippen molar-refractivity contribution < 1.29 is 19.7 Å². The number of nitrogens with zero attached hydrogens (tertiary/aromatic N) is 2. The first kappa shape index (κ1) is 20.1. The first-order valence-electron chi connectivity index (χ1n) is 8.49. The summed E-state index contributed by atoms with van der Waals surface area (Å²) in [5.41, 5.74) is -0.551. The molecular weight excluding hydrogens is 344 g/mol. The van der Waals surface area contributed by atoms with Crippen molar-refractivity contribution in [2.45, 2.75) is 64.2 Å². The van der Waals surface area contributed by atoms with E-state index in [1.165, 1.54) is 10.8 Å². The molecule has 2 rings (SSSR count). The Kier molecular flexibility index (Phi) is 6.39. The Hall–Kier alpha value is -1.26. The van der Waals surface area contributed by atoms with Gasteiger partial charge in [0.25, 0.3) is 5.56 Å². The molecule has 1 saturated heterocycles. The molecule has 25 heavy (non-hydrogen) atoms. The molecule has 0 saturated carbocycles. The van der Waals surface area contributed by atoms with Crippen LogP contribution in [0, 0.1) is 6.92 Å². The van der Waals surface area contributed by atoms with Crippen LogP contribution in [-0.2, 0) is 16.2 Å². The molecular formula is C16H28N2O6Si. The SMILES string of the molecule is Cc1cn([C@H]2CC(O)[C@@H](CO)O2)c(=O)n(COCC[Si](C)(C)C)c1=O. The first-order valence-corrected chi connectivity index (χ1v) is 12.2. The lowest BCUT2D eigenvalue weighted by atomic mass is 10.2. The Morgan fingerprint density at radius 1 is 1.36 bits per heavy atom. The summed E-state index contributed by atoms with van der Waals surface area (Å²) in [7, 11) is -1.25. The van der Waals surface area contributed by atoms with Crippen molar-refractivity contribution in [1.29, 1.82) is 0 Å². The Morgan fingerprint density at radius 3 is 2.60 bits per heavy atom. The van der Waals surface area contributed by atoms with Crippen LogP contribution in [0.5, 0.6) is 0 Å². The zero-order chi connectivity index (χ0) is 18.8. The Morgan fingerprint density at radius 2 is 2.04 bits per heavy atom. The molecule has 0 spiro atoms. The summed E-state index contributed by atoms with van der Waals surface area (Å²) >= 11 is 0. The minimum absolute atomic E-state index is 0.109. The van der Waals surface area contributed by atoms with E-state index >= 15 is 0 Å². The number of hydrogen-bond donors (Lipinski definition) is 2. The fourth-order valence-electron chi connectivity index (χ4n) is 2.66. The van der Waals surface area contributed by atoms with Gasteiger partial charge in [0.05, 0.1) is 12.7 Å². The van der Waals surface area contributed by atoms with Gasteiger partial charge in [-0.3, -0.25) is 9.36 Å². The molecule has 1 aliphatic rings. The van der Waals surface area contributed by atoms with Crippen LogP contribution < -0.4 is 11.2 Å². The van der Waals surface area contributed by atoms with E-state index in [2.05, 4.69) is 19.6 Å². The highest BCUT2D eigenvalue weighted by molar-refractivity contribution is 6.76. The average Bonchev–Trinajstić information content (AvgIpc) is 2.89. The molecule has 0 radical (unpaired) electrons. The lowest BCUT2D eigenvalue weighted by Gasteiger charge is -2.18. The molecule has 0 aliphatic carbocycles. The lowest BCUT2D eigenvalue weighted by molar-refractivity contribution is -0.0470. The minimum Gasteiger partial charge on any atom is -0.394 e. The smallest absolute Gasteiger partial charge is 0.335 e. The Bertz CT molecular complexity index is 708. The third-order valence-corrected chi connectivity index (χ3v) is 5.98. The van der Waals surface area contributed by atoms with Crippen molar-refractivity contribution in [3.63, 3.8) is 0 Å². The van der Waals surface area contributed by atoms with Crippen LogP contribution in [0.1, 0.15) is 18.2 Å². The molecule has 9 heteroatoms. The number of aromatic nitrogens is 2. The van der Waals surface area contributed by atoms with E-state index in [0.29, 0.717) is 12.2 Å². The molecule has 0 aromatic carbocycles. The van der Waals surface area contributed by atoms with Gasteiger partial charge in [-0.15, -0.1) is 0 Å². The first-order chi connectivity index (χ1) is 11.6. The highest BCUT2D eigenvalue weighted by Crippen LogP contribution is 2.27. The van der Waals surface area contributed by atoms with Crippen LogP contribution in [0.3, 0.4) is 0 Å². The van der Waals surface area contributed by atoms with Crippen LogP contribution in [0.15, 0.2) is 15.8 Å². The van der Waals surface area contributed by atoms with Crippen LogP contribution in [0.4, 0.5) is 0 Å². The van der Waals surface area contributed by atoms with Gasteiger partial charge >= 0.3 is 5.69 Å². The summed E-state index contributed by atoms with van der Waals surface area (Å²) in [4.78, 5) is 24.9. The quantitative estimate of drug-likeness (QED) is 0.526. The van der Waals surface area contributed by atoms with E-state index in [9.17, 15) is 19.8 Å². The van der Waals surface area contributed by atoms with Gasteiger partial charge in [0.2, 0.25) is 0 Å². The Balaban J connectivity index is 2.20. The molecule has 0 bridgehead atoms.